The smallest absolute Gasteiger partial charge is 0.270 e. The van der Waals surface area contributed by atoms with Gasteiger partial charge in [0.05, 0.1) is 6.04 Å². The first-order valence-corrected chi connectivity index (χ1v) is 14.5. The van der Waals surface area contributed by atoms with Crippen molar-refractivity contribution in [3.8, 4) is 0 Å². The van der Waals surface area contributed by atoms with Gasteiger partial charge in [0.1, 0.15) is 24.1 Å². The van der Waals surface area contributed by atoms with Crippen LogP contribution in [0, 0.1) is 12.8 Å². The molecule has 1 aromatic carbocycles. The standard InChI is InChI=1S/C30H40N8O4/c1-20(2)27-28-33-21(3)36-38(28)19-26(40)32-15-9-17-37(30(42)23-12-7-14-31-23)16-8-13-25(39)34-24(29(41)35-27)18-22-10-5-4-6-11-22/h4-7,10-12,14,20,24,27,31H,8-9,13,15-19H2,1-3H3,(H,32,40)(H,34,39)(H,35,41)/t24-,27+/m1/s1. The van der Waals surface area contributed by atoms with E-state index in [-0.39, 0.29) is 42.5 Å². The molecule has 3 aromatic rings. The van der Waals surface area contributed by atoms with Crippen LogP contribution < -0.4 is 16.0 Å². The van der Waals surface area contributed by atoms with Crippen molar-refractivity contribution < 1.29 is 19.2 Å². The van der Waals surface area contributed by atoms with Gasteiger partial charge in [-0.2, -0.15) is 5.10 Å². The fourth-order valence-corrected chi connectivity index (χ4v) is 5.00. The second-order valence-corrected chi connectivity index (χ2v) is 10.9. The van der Waals surface area contributed by atoms with E-state index in [1.807, 2.05) is 44.2 Å². The van der Waals surface area contributed by atoms with Gasteiger partial charge in [0.15, 0.2) is 5.82 Å². The molecular weight excluding hydrogens is 536 g/mol. The maximum absolute atomic E-state index is 13.7. The van der Waals surface area contributed by atoms with Crippen LogP contribution in [0.1, 0.15) is 66.9 Å². The van der Waals surface area contributed by atoms with Crippen LogP contribution in [-0.4, -0.2) is 74.0 Å². The number of fused-ring (bicyclic) bond motifs is 1. The molecule has 0 saturated heterocycles. The van der Waals surface area contributed by atoms with Crippen molar-refractivity contribution >= 4 is 23.6 Å². The van der Waals surface area contributed by atoms with E-state index in [1.165, 1.54) is 4.68 Å². The number of amides is 4. The first-order chi connectivity index (χ1) is 20.2. The zero-order valence-electron chi connectivity index (χ0n) is 24.4. The number of carbonyl (C=O) groups is 4. The number of hydrogen-bond acceptors (Lipinski definition) is 6. The number of benzene rings is 1. The molecule has 0 aliphatic carbocycles. The third-order valence-corrected chi connectivity index (χ3v) is 7.15. The molecule has 12 heteroatoms. The van der Waals surface area contributed by atoms with E-state index in [9.17, 15) is 19.2 Å². The quantitative estimate of drug-likeness (QED) is 0.372. The molecule has 4 amide bonds. The molecule has 1 aliphatic heterocycles. The van der Waals surface area contributed by atoms with Gasteiger partial charge in [0.2, 0.25) is 17.7 Å². The zero-order valence-corrected chi connectivity index (χ0v) is 24.4. The second-order valence-electron chi connectivity index (χ2n) is 10.9. The normalized spacial score (nSPS) is 19.7. The third kappa shape index (κ3) is 8.27. The lowest BCUT2D eigenvalue weighted by molar-refractivity contribution is -0.129. The summed E-state index contributed by atoms with van der Waals surface area (Å²) in [6.45, 7) is 6.70. The van der Waals surface area contributed by atoms with Crippen LogP contribution in [0.3, 0.4) is 0 Å². The molecule has 2 aromatic heterocycles. The summed E-state index contributed by atoms with van der Waals surface area (Å²) in [5, 5.41) is 13.3. The molecule has 0 radical (unpaired) electrons. The predicted octanol–water partition coefficient (Wildman–Crippen LogP) is 1.90. The van der Waals surface area contributed by atoms with Crippen molar-refractivity contribution in [2.45, 2.75) is 65.1 Å². The van der Waals surface area contributed by atoms with Gasteiger partial charge in [-0.25, -0.2) is 9.67 Å². The van der Waals surface area contributed by atoms with E-state index in [0.717, 1.165) is 5.56 Å². The molecule has 0 unspecified atom stereocenters. The number of carbonyl (C=O) groups excluding carboxylic acids is 4. The van der Waals surface area contributed by atoms with Gasteiger partial charge in [0, 0.05) is 38.7 Å². The molecule has 2 atom stereocenters. The summed E-state index contributed by atoms with van der Waals surface area (Å²) in [6.07, 6.45) is 3.09. The topological polar surface area (TPSA) is 154 Å². The second kappa shape index (κ2) is 14.4. The zero-order chi connectivity index (χ0) is 30.1. The summed E-state index contributed by atoms with van der Waals surface area (Å²) in [6, 6.07) is 11.6. The van der Waals surface area contributed by atoms with Crippen molar-refractivity contribution in [1.82, 2.24) is 40.6 Å². The molecule has 4 rings (SSSR count). The van der Waals surface area contributed by atoms with Crippen LogP contribution >= 0.6 is 0 Å². The highest BCUT2D eigenvalue weighted by molar-refractivity contribution is 5.92. The predicted molar refractivity (Wildman–Crippen MR) is 156 cm³/mol. The van der Waals surface area contributed by atoms with Crippen LogP contribution in [0.25, 0.3) is 0 Å². The van der Waals surface area contributed by atoms with Crippen LogP contribution in [0.15, 0.2) is 48.7 Å². The summed E-state index contributed by atoms with van der Waals surface area (Å²) in [4.78, 5) is 61.9. The monoisotopic (exact) mass is 576 g/mol. The minimum Gasteiger partial charge on any atom is -0.357 e. The summed E-state index contributed by atoms with van der Waals surface area (Å²) >= 11 is 0. The molecule has 1 aliphatic rings. The van der Waals surface area contributed by atoms with E-state index < -0.39 is 12.1 Å². The Hall–Kier alpha value is -4.48. The Kier molecular flexibility index (Phi) is 10.5. The third-order valence-electron chi connectivity index (χ3n) is 7.15. The van der Waals surface area contributed by atoms with Crippen molar-refractivity contribution in [3.63, 3.8) is 0 Å². The van der Waals surface area contributed by atoms with Crippen LogP contribution in [0.5, 0.6) is 0 Å². The van der Waals surface area contributed by atoms with Gasteiger partial charge in [-0.15, -0.1) is 0 Å². The molecule has 0 spiro atoms. The number of hydrogen-bond donors (Lipinski definition) is 4. The molecular formula is C30H40N8O4. The molecule has 0 bridgehead atoms. The number of nitrogens with one attached hydrogen (secondary N) is 4. The van der Waals surface area contributed by atoms with Gasteiger partial charge in [-0.3, -0.25) is 19.2 Å². The number of aromatic nitrogens is 4. The lowest BCUT2D eigenvalue weighted by Gasteiger charge is -2.26. The number of aryl methyl sites for hydroxylation is 1. The molecule has 224 valence electrons. The minimum atomic E-state index is -0.836. The maximum atomic E-state index is 13.7. The average Bonchev–Trinajstić information content (AvgIpc) is 3.62. The lowest BCUT2D eigenvalue weighted by Crippen LogP contribution is -2.50. The van der Waals surface area contributed by atoms with Crippen LogP contribution in [0.4, 0.5) is 0 Å². The van der Waals surface area contributed by atoms with E-state index in [2.05, 4.69) is 31.0 Å². The van der Waals surface area contributed by atoms with E-state index in [1.54, 1.807) is 30.2 Å². The van der Waals surface area contributed by atoms with Crippen LogP contribution in [-0.2, 0) is 27.3 Å². The van der Waals surface area contributed by atoms with E-state index in [0.29, 0.717) is 56.2 Å². The van der Waals surface area contributed by atoms with Gasteiger partial charge in [0.25, 0.3) is 5.91 Å². The SMILES string of the molecule is Cc1nc2n(n1)CC(=O)NCCCN(C(=O)c1ccc[nH]1)CCCC(=O)N[C@H](Cc1ccccc1)C(=O)N[C@H]2C(C)C. The highest BCUT2D eigenvalue weighted by atomic mass is 16.2. The molecule has 0 fully saturated rings. The number of nitrogens with zero attached hydrogens (tertiary/aromatic N) is 4. The Labute approximate surface area is 245 Å². The number of aromatic amines is 1. The Bertz CT molecular complexity index is 1350. The molecule has 12 nitrogen and oxygen atoms in total. The Morgan fingerprint density at radius 1 is 1.00 bits per heavy atom. The largest absolute Gasteiger partial charge is 0.357 e. The Morgan fingerprint density at radius 2 is 1.76 bits per heavy atom. The van der Waals surface area contributed by atoms with Crippen molar-refractivity contribution in [2.24, 2.45) is 5.92 Å². The summed E-state index contributed by atoms with van der Waals surface area (Å²) in [5.74, 6) is -0.159. The lowest BCUT2D eigenvalue weighted by atomic mass is 10.0. The highest BCUT2D eigenvalue weighted by Crippen LogP contribution is 2.21. The van der Waals surface area contributed by atoms with Crippen molar-refractivity contribution in [2.75, 3.05) is 19.6 Å². The summed E-state index contributed by atoms with van der Waals surface area (Å²) < 4.78 is 1.52. The fourth-order valence-electron chi connectivity index (χ4n) is 5.00. The summed E-state index contributed by atoms with van der Waals surface area (Å²) in [7, 11) is 0. The Morgan fingerprint density at radius 3 is 2.48 bits per heavy atom. The van der Waals surface area contributed by atoms with Gasteiger partial charge >= 0.3 is 0 Å². The first-order valence-electron chi connectivity index (χ1n) is 14.5. The fraction of sp³-hybridized carbons (Fsp3) is 0.467. The van der Waals surface area contributed by atoms with Gasteiger partial charge < -0.3 is 25.8 Å². The van der Waals surface area contributed by atoms with E-state index in [4.69, 9.17) is 0 Å². The van der Waals surface area contributed by atoms with Crippen molar-refractivity contribution in [1.29, 1.82) is 0 Å². The van der Waals surface area contributed by atoms with Gasteiger partial charge in [-0.1, -0.05) is 44.2 Å². The first kappa shape index (κ1) is 30.5. The molecule has 3 heterocycles. The van der Waals surface area contributed by atoms with Crippen LogP contribution in [0.2, 0.25) is 0 Å². The summed E-state index contributed by atoms with van der Waals surface area (Å²) in [5.41, 5.74) is 1.36. The molecule has 42 heavy (non-hydrogen) atoms. The maximum Gasteiger partial charge on any atom is 0.270 e. The Balaban J connectivity index is 1.60. The van der Waals surface area contributed by atoms with E-state index >= 15 is 0 Å². The minimum absolute atomic E-state index is 0.0649. The highest BCUT2D eigenvalue weighted by Gasteiger charge is 2.30. The number of rotatable bonds is 4. The number of H-pyrrole nitrogens is 1. The molecule has 0 saturated carbocycles. The average molecular weight is 577 g/mol. The van der Waals surface area contributed by atoms with Crippen molar-refractivity contribution in [3.05, 3.63) is 71.6 Å². The molecule has 4 N–H and O–H groups in total. The van der Waals surface area contributed by atoms with Gasteiger partial charge in [-0.05, 0) is 43.4 Å².